The average Bonchev–Trinajstić information content (AvgIpc) is 3.07. The van der Waals surface area contributed by atoms with Crippen LogP contribution in [0.15, 0.2) is 36.5 Å². The Morgan fingerprint density at radius 1 is 1.41 bits per heavy atom. The fourth-order valence-electron chi connectivity index (χ4n) is 3.47. The molecule has 1 aliphatic rings. The molecule has 0 saturated heterocycles. The van der Waals surface area contributed by atoms with Crippen molar-refractivity contribution in [2.24, 2.45) is 0 Å². The summed E-state index contributed by atoms with van der Waals surface area (Å²) < 4.78 is 12.7. The number of rotatable bonds is 5. The van der Waals surface area contributed by atoms with Crippen LogP contribution in [0.1, 0.15) is 33.5 Å². The molecule has 27 heavy (non-hydrogen) atoms. The Balaban J connectivity index is 1.55. The molecule has 3 aromatic rings. The van der Waals surface area contributed by atoms with E-state index in [1.54, 1.807) is 12.1 Å². The first kappa shape index (κ1) is 17.6. The van der Waals surface area contributed by atoms with Gasteiger partial charge in [-0.05, 0) is 36.8 Å². The van der Waals surface area contributed by atoms with Crippen molar-refractivity contribution in [2.45, 2.75) is 26.1 Å². The summed E-state index contributed by atoms with van der Waals surface area (Å²) in [6.45, 7) is 4.60. The summed E-state index contributed by atoms with van der Waals surface area (Å²) in [5.74, 6) is 0.516. The van der Waals surface area contributed by atoms with E-state index in [-0.39, 0.29) is 12.0 Å². The minimum atomic E-state index is -0.358. The molecule has 1 aromatic carbocycles. The number of hydrogen-bond donors (Lipinski definition) is 1. The van der Waals surface area contributed by atoms with Gasteiger partial charge in [-0.25, -0.2) is 9.78 Å². The Morgan fingerprint density at radius 2 is 2.30 bits per heavy atom. The Bertz CT molecular complexity index is 983. The number of methoxy groups -OCH3 is 1. The number of aryl methyl sites for hydroxylation is 1. The van der Waals surface area contributed by atoms with Crippen LogP contribution in [0, 0.1) is 6.92 Å². The first-order chi connectivity index (χ1) is 13.2. The molecule has 0 aliphatic carbocycles. The van der Waals surface area contributed by atoms with Gasteiger partial charge in [0.05, 0.1) is 42.0 Å². The third-order valence-electron chi connectivity index (χ3n) is 4.88. The minimum absolute atomic E-state index is 0.131. The molecule has 3 heterocycles. The number of aromatic nitrogens is 3. The van der Waals surface area contributed by atoms with Crippen LogP contribution in [-0.4, -0.2) is 40.8 Å². The average molecular weight is 366 g/mol. The zero-order valence-electron chi connectivity index (χ0n) is 15.4. The highest BCUT2D eigenvalue weighted by Gasteiger charge is 2.24. The van der Waals surface area contributed by atoms with Crippen LogP contribution in [0.25, 0.3) is 11.0 Å². The maximum absolute atomic E-state index is 11.8. The first-order valence-corrected chi connectivity index (χ1v) is 8.95. The van der Waals surface area contributed by atoms with Gasteiger partial charge >= 0.3 is 5.97 Å². The van der Waals surface area contributed by atoms with Crippen LogP contribution in [0.2, 0.25) is 0 Å². The van der Waals surface area contributed by atoms with Crippen LogP contribution in [0.4, 0.5) is 0 Å². The Kier molecular flexibility index (Phi) is 4.87. The number of esters is 1. The predicted molar refractivity (Wildman–Crippen MR) is 100 cm³/mol. The van der Waals surface area contributed by atoms with Crippen LogP contribution in [-0.2, 0) is 22.6 Å². The molecule has 0 bridgehead atoms. The summed E-state index contributed by atoms with van der Waals surface area (Å²) >= 11 is 0. The van der Waals surface area contributed by atoms with Crippen molar-refractivity contribution in [3.05, 3.63) is 59.2 Å². The van der Waals surface area contributed by atoms with E-state index in [1.807, 2.05) is 18.3 Å². The van der Waals surface area contributed by atoms with E-state index in [4.69, 9.17) is 9.47 Å². The molecule has 140 valence electrons. The molecule has 1 atom stereocenters. The van der Waals surface area contributed by atoms with E-state index in [0.29, 0.717) is 25.3 Å². The summed E-state index contributed by atoms with van der Waals surface area (Å²) in [6.07, 6.45) is 1.81. The predicted octanol–water partition coefficient (Wildman–Crippen LogP) is 2.39. The van der Waals surface area contributed by atoms with Gasteiger partial charge in [0.15, 0.2) is 0 Å². The third kappa shape index (κ3) is 3.43. The van der Waals surface area contributed by atoms with Gasteiger partial charge in [-0.15, -0.1) is 0 Å². The Hall–Kier alpha value is -2.77. The normalized spacial score (nSPS) is 16.3. The molecular formula is C20H22N4O3. The van der Waals surface area contributed by atoms with Crippen LogP contribution in [0.5, 0.6) is 0 Å². The Labute approximate surface area is 157 Å². The number of ether oxygens (including phenoxy) is 2. The number of hydrogen-bond acceptors (Lipinski definition) is 6. The number of pyridine rings is 1. The number of carbonyl (C=O) groups excluding carboxylic acids is 1. The van der Waals surface area contributed by atoms with Crippen LogP contribution in [0.3, 0.4) is 0 Å². The SMILES string of the molecule is COC(=O)c1ccc2c(c1)nc1n2C(CNCc2ncccc2C)COC1. The van der Waals surface area contributed by atoms with Gasteiger partial charge < -0.3 is 19.4 Å². The molecule has 2 aromatic heterocycles. The monoisotopic (exact) mass is 366 g/mol. The van der Waals surface area contributed by atoms with Gasteiger partial charge in [0.1, 0.15) is 12.4 Å². The van der Waals surface area contributed by atoms with Gasteiger partial charge in [0, 0.05) is 19.3 Å². The van der Waals surface area contributed by atoms with Gasteiger partial charge in [0.25, 0.3) is 0 Å². The third-order valence-corrected chi connectivity index (χ3v) is 4.88. The smallest absolute Gasteiger partial charge is 0.337 e. The second-order valence-corrected chi connectivity index (χ2v) is 6.66. The van der Waals surface area contributed by atoms with Gasteiger partial charge in [-0.1, -0.05) is 6.07 Å². The molecule has 1 unspecified atom stereocenters. The van der Waals surface area contributed by atoms with E-state index in [1.165, 1.54) is 12.7 Å². The first-order valence-electron chi connectivity index (χ1n) is 8.95. The zero-order chi connectivity index (χ0) is 18.8. The number of fused-ring (bicyclic) bond motifs is 3. The van der Waals surface area contributed by atoms with Crippen LogP contribution < -0.4 is 5.32 Å². The van der Waals surface area contributed by atoms with Crippen LogP contribution >= 0.6 is 0 Å². The molecule has 1 aliphatic heterocycles. The molecule has 0 radical (unpaired) electrons. The summed E-state index contributed by atoms with van der Waals surface area (Å²) in [5, 5.41) is 3.48. The van der Waals surface area contributed by atoms with Crippen molar-refractivity contribution >= 4 is 17.0 Å². The molecule has 0 saturated carbocycles. The van der Waals surface area contributed by atoms with E-state index in [9.17, 15) is 4.79 Å². The summed E-state index contributed by atoms with van der Waals surface area (Å²) in [7, 11) is 1.38. The van der Waals surface area contributed by atoms with Crippen molar-refractivity contribution < 1.29 is 14.3 Å². The largest absolute Gasteiger partial charge is 0.465 e. The van der Waals surface area contributed by atoms with Crippen molar-refractivity contribution in [3.8, 4) is 0 Å². The topological polar surface area (TPSA) is 78.3 Å². The second kappa shape index (κ2) is 7.46. The minimum Gasteiger partial charge on any atom is -0.465 e. The van der Waals surface area contributed by atoms with E-state index < -0.39 is 0 Å². The number of imidazole rings is 1. The van der Waals surface area contributed by atoms with E-state index in [0.717, 1.165) is 29.1 Å². The summed E-state index contributed by atoms with van der Waals surface area (Å²) in [6, 6.07) is 9.62. The molecule has 7 heteroatoms. The van der Waals surface area contributed by atoms with Crippen molar-refractivity contribution in [1.82, 2.24) is 19.9 Å². The van der Waals surface area contributed by atoms with Gasteiger partial charge in [-0.3, -0.25) is 4.98 Å². The highest BCUT2D eigenvalue weighted by atomic mass is 16.5. The lowest BCUT2D eigenvalue weighted by Gasteiger charge is -2.26. The lowest BCUT2D eigenvalue weighted by molar-refractivity contribution is 0.0563. The summed E-state index contributed by atoms with van der Waals surface area (Å²) in [5.41, 5.74) is 4.51. The fraction of sp³-hybridized carbons (Fsp3) is 0.350. The molecule has 7 nitrogen and oxygen atoms in total. The van der Waals surface area contributed by atoms with Crippen molar-refractivity contribution in [3.63, 3.8) is 0 Å². The molecule has 0 spiro atoms. The van der Waals surface area contributed by atoms with E-state index in [2.05, 4.69) is 32.8 Å². The van der Waals surface area contributed by atoms with Crippen molar-refractivity contribution in [2.75, 3.05) is 20.3 Å². The zero-order valence-corrected chi connectivity index (χ0v) is 15.4. The van der Waals surface area contributed by atoms with Crippen molar-refractivity contribution in [1.29, 1.82) is 0 Å². The number of benzene rings is 1. The maximum atomic E-state index is 11.8. The number of carbonyl (C=O) groups is 1. The van der Waals surface area contributed by atoms with E-state index >= 15 is 0 Å². The maximum Gasteiger partial charge on any atom is 0.337 e. The fourth-order valence-corrected chi connectivity index (χ4v) is 3.47. The molecule has 4 rings (SSSR count). The lowest BCUT2D eigenvalue weighted by Crippen LogP contribution is -2.32. The summed E-state index contributed by atoms with van der Waals surface area (Å²) in [4.78, 5) is 20.8. The number of nitrogens with zero attached hydrogens (tertiary/aromatic N) is 3. The second-order valence-electron chi connectivity index (χ2n) is 6.66. The standard InChI is InChI=1S/C20H22N4O3/c1-13-4-3-7-22-17(13)10-21-9-15-11-27-12-19-23-16-8-14(20(25)26-2)5-6-18(16)24(15)19/h3-8,15,21H,9-12H2,1-2H3. The molecule has 1 N–H and O–H groups in total. The lowest BCUT2D eigenvalue weighted by atomic mass is 10.2. The quantitative estimate of drug-likeness (QED) is 0.699. The number of nitrogens with one attached hydrogen (secondary N) is 1. The van der Waals surface area contributed by atoms with Gasteiger partial charge in [-0.2, -0.15) is 0 Å². The molecule has 0 amide bonds. The molecular weight excluding hydrogens is 344 g/mol. The van der Waals surface area contributed by atoms with Gasteiger partial charge in [0.2, 0.25) is 0 Å². The Morgan fingerprint density at radius 3 is 3.11 bits per heavy atom. The highest BCUT2D eigenvalue weighted by molar-refractivity contribution is 5.93. The molecule has 0 fully saturated rings. The highest BCUT2D eigenvalue weighted by Crippen LogP contribution is 2.26.